The number of methoxy groups -OCH3 is 2. The lowest BCUT2D eigenvalue weighted by Gasteiger charge is -2.23. The highest BCUT2D eigenvalue weighted by Crippen LogP contribution is 2.30. The minimum Gasteiger partial charge on any atom is -0.493 e. The van der Waals surface area contributed by atoms with Gasteiger partial charge in [0.25, 0.3) is 5.95 Å². The van der Waals surface area contributed by atoms with Gasteiger partial charge < -0.3 is 9.47 Å². The maximum Gasteiger partial charge on any atom is 0.250 e. The largest absolute Gasteiger partial charge is 0.493 e. The molecule has 2 amide bonds. The summed E-state index contributed by atoms with van der Waals surface area (Å²) >= 11 is 0. The number of nitrogens with zero attached hydrogens (tertiary/aromatic N) is 3. The van der Waals surface area contributed by atoms with Gasteiger partial charge in [0.1, 0.15) is 0 Å². The van der Waals surface area contributed by atoms with Crippen LogP contribution in [0.1, 0.15) is 23.6 Å². The van der Waals surface area contributed by atoms with Crippen molar-refractivity contribution in [1.29, 1.82) is 0 Å². The van der Waals surface area contributed by atoms with E-state index in [9.17, 15) is 9.59 Å². The molecule has 0 aliphatic carbocycles. The molecule has 2 N–H and O–H groups in total. The van der Waals surface area contributed by atoms with Crippen LogP contribution in [-0.2, 0) is 16.0 Å². The summed E-state index contributed by atoms with van der Waals surface area (Å²) in [6.07, 6.45) is 0.359. The second-order valence-electron chi connectivity index (χ2n) is 6.80. The topological polar surface area (TPSA) is 107 Å². The van der Waals surface area contributed by atoms with E-state index in [0.717, 1.165) is 11.1 Å². The number of hydrogen-bond acceptors (Lipinski definition) is 6. The molecule has 1 atom stereocenters. The quantitative estimate of drug-likeness (QED) is 0.650. The van der Waals surface area contributed by atoms with Crippen molar-refractivity contribution in [3.05, 3.63) is 59.7 Å². The maximum atomic E-state index is 12.5. The minimum absolute atomic E-state index is 0.110. The number of amides is 2. The van der Waals surface area contributed by atoms with Crippen molar-refractivity contribution in [3.63, 3.8) is 0 Å². The molecule has 0 saturated heterocycles. The maximum absolute atomic E-state index is 12.5. The number of rotatable bonds is 6. The normalized spacial score (nSPS) is 15.1. The van der Waals surface area contributed by atoms with Gasteiger partial charge in [0.05, 0.1) is 33.1 Å². The standard InChI is InChI=1S/C21H21N5O4/c1-29-16-9-8-13(10-17(16)30-2)11-18(27)22-20-24-21-23-19(28)12-15(26(21)25-20)14-6-4-3-5-7-14/h3-10,15H,11-12H2,1-2H3,(H2,22,23,24,25,27,28)/t15-/m1/s1. The van der Waals surface area contributed by atoms with E-state index >= 15 is 0 Å². The Balaban J connectivity index is 1.51. The van der Waals surface area contributed by atoms with Gasteiger partial charge in [0.2, 0.25) is 17.8 Å². The lowest BCUT2D eigenvalue weighted by molar-refractivity contribution is -0.117. The zero-order chi connectivity index (χ0) is 21.1. The first-order valence-electron chi connectivity index (χ1n) is 9.39. The number of hydrogen-bond donors (Lipinski definition) is 2. The smallest absolute Gasteiger partial charge is 0.250 e. The number of aromatic nitrogens is 3. The summed E-state index contributed by atoms with van der Waals surface area (Å²) in [4.78, 5) is 28.9. The Hall–Kier alpha value is -3.88. The Morgan fingerprint density at radius 2 is 1.93 bits per heavy atom. The Morgan fingerprint density at radius 1 is 1.17 bits per heavy atom. The zero-order valence-electron chi connectivity index (χ0n) is 16.6. The number of carbonyl (C=O) groups excluding carboxylic acids is 2. The van der Waals surface area contributed by atoms with Crippen molar-refractivity contribution >= 4 is 23.7 Å². The Bertz CT molecular complexity index is 1080. The summed E-state index contributed by atoms with van der Waals surface area (Å²) < 4.78 is 12.1. The predicted molar refractivity (Wildman–Crippen MR) is 110 cm³/mol. The minimum atomic E-state index is -0.284. The SMILES string of the molecule is COc1ccc(CC(=O)Nc2nc3n(n2)[C@@H](c2ccccc2)CC(=O)N3)cc1OC. The fourth-order valence-corrected chi connectivity index (χ4v) is 3.40. The third-order valence-electron chi connectivity index (χ3n) is 4.80. The average Bonchev–Trinajstić information content (AvgIpc) is 3.15. The van der Waals surface area contributed by atoms with Gasteiger partial charge in [0, 0.05) is 0 Å². The van der Waals surface area contributed by atoms with Crippen molar-refractivity contribution < 1.29 is 19.1 Å². The fraction of sp³-hybridized carbons (Fsp3) is 0.238. The molecule has 154 valence electrons. The molecule has 9 nitrogen and oxygen atoms in total. The van der Waals surface area contributed by atoms with Crippen LogP contribution < -0.4 is 20.1 Å². The second kappa shape index (κ2) is 8.24. The van der Waals surface area contributed by atoms with Gasteiger partial charge in [-0.3, -0.25) is 20.2 Å². The summed E-state index contributed by atoms with van der Waals surface area (Å²) in [5.74, 6) is 1.15. The first-order valence-corrected chi connectivity index (χ1v) is 9.39. The van der Waals surface area contributed by atoms with Crippen molar-refractivity contribution in [2.45, 2.75) is 18.9 Å². The van der Waals surface area contributed by atoms with Gasteiger partial charge in [-0.1, -0.05) is 36.4 Å². The molecule has 9 heteroatoms. The van der Waals surface area contributed by atoms with Crippen molar-refractivity contribution in [3.8, 4) is 11.5 Å². The fourth-order valence-electron chi connectivity index (χ4n) is 3.40. The molecule has 3 aromatic rings. The highest BCUT2D eigenvalue weighted by molar-refractivity contribution is 5.93. The third-order valence-corrected chi connectivity index (χ3v) is 4.80. The van der Waals surface area contributed by atoms with Crippen LogP contribution in [0.2, 0.25) is 0 Å². The van der Waals surface area contributed by atoms with Gasteiger partial charge in [0.15, 0.2) is 11.5 Å². The molecule has 2 heterocycles. The molecule has 1 aliphatic rings. The third kappa shape index (κ3) is 3.95. The van der Waals surface area contributed by atoms with E-state index in [-0.39, 0.29) is 36.6 Å². The van der Waals surface area contributed by atoms with Gasteiger partial charge >= 0.3 is 0 Å². The van der Waals surface area contributed by atoms with Crippen LogP contribution in [0.15, 0.2) is 48.5 Å². The summed E-state index contributed by atoms with van der Waals surface area (Å²) in [5, 5.41) is 9.79. The molecule has 0 radical (unpaired) electrons. The number of ether oxygens (including phenoxy) is 2. The molecule has 0 unspecified atom stereocenters. The lowest BCUT2D eigenvalue weighted by atomic mass is 10.0. The monoisotopic (exact) mass is 407 g/mol. The number of fused-ring (bicyclic) bond motifs is 1. The second-order valence-corrected chi connectivity index (χ2v) is 6.80. The predicted octanol–water partition coefficient (Wildman–Crippen LogP) is 2.41. The van der Waals surface area contributed by atoms with Crippen LogP contribution in [-0.4, -0.2) is 40.8 Å². The molecular weight excluding hydrogens is 386 g/mol. The van der Waals surface area contributed by atoms with Crippen LogP contribution in [0.3, 0.4) is 0 Å². The van der Waals surface area contributed by atoms with Crippen LogP contribution >= 0.6 is 0 Å². The molecule has 2 aromatic carbocycles. The molecular formula is C21H21N5O4. The van der Waals surface area contributed by atoms with E-state index in [1.54, 1.807) is 37.1 Å². The lowest BCUT2D eigenvalue weighted by Crippen LogP contribution is -2.29. The summed E-state index contributed by atoms with van der Waals surface area (Å²) in [6.45, 7) is 0. The zero-order valence-corrected chi connectivity index (χ0v) is 16.6. The summed E-state index contributed by atoms with van der Waals surface area (Å²) in [6, 6.07) is 14.6. The summed E-state index contributed by atoms with van der Waals surface area (Å²) in [5.41, 5.74) is 1.70. The number of benzene rings is 2. The van der Waals surface area contributed by atoms with Gasteiger partial charge in [-0.2, -0.15) is 4.98 Å². The van der Waals surface area contributed by atoms with Gasteiger partial charge in [-0.25, -0.2) is 4.68 Å². The Labute approximate surface area is 173 Å². The van der Waals surface area contributed by atoms with Crippen molar-refractivity contribution in [1.82, 2.24) is 14.8 Å². The number of anilines is 2. The average molecular weight is 407 g/mol. The van der Waals surface area contributed by atoms with Crippen LogP contribution in [0.5, 0.6) is 11.5 Å². The first kappa shape index (κ1) is 19.4. The highest BCUT2D eigenvalue weighted by Gasteiger charge is 2.29. The summed E-state index contributed by atoms with van der Waals surface area (Å²) in [7, 11) is 3.09. The van der Waals surface area contributed by atoms with Crippen LogP contribution in [0.25, 0.3) is 0 Å². The van der Waals surface area contributed by atoms with E-state index in [1.165, 1.54) is 0 Å². The molecule has 0 spiro atoms. The molecule has 0 bridgehead atoms. The van der Waals surface area contributed by atoms with Gasteiger partial charge in [-0.05, 0) is 23.3 Å². The van der Waals surface area contributed by atoms with Crippen LogP contribution in [0, 0.1) is 0 Å². The Kier molecular flexibility index (Phi) is 5.34. The first-order chi connectivity index (χ1) is 14.6. The molecule has 4 rings (SSSR count). The molecule has 1 aromatic heterocycles. The molecule has 30 heavy (non-hydrogen) atoms. The highest BCUT2D eigenvalue weighted by atomic mass is 16.5. The van der Waals surface area contributed by atoms with E-state index in [2.05, 4.69) is 20.7 Å². The van der Waals surface area contributed by atoms with E-state index in [0.29, 0.717) is 17.4 Å². The van der Waals surface area contributed by atoms with E-state index in [4.69, 9.17) is 9.47 Å². The molecule has 0 saturated carbocycles. The Morgan fingerprint density at radius 3 is 2.67 bits per heavy atom. The van der Waals surface area contributed by atoms with Crippen molar-refractivity contribution in [2.24, 2.45) is 0 Å². The van der Waals surface area contributed by atoms with Gasteiger partial charge in [-0.15, -0.1) is 5.10 Å². The van der Waals surface area contributed by atoms with E-state index < -0.39 is 0 Å². The number of nitrogens with one attached hydrogen (secondary N) is 2. The number of carbonyl (C=O) groups is 2. The van der Waals surface area contributed by atoms with Crippen LogP contribution in [0.4, 0.5) is 11.9 Å². The van der Waals surface area contributed by atoms with E-state index in [1.807, 2.05) is 30.3 Å². The molecule has 0 fully saturated rings. The van der Waals surface area contributed by atoms with Crippen molar-refractivity contribution in [2.75, 3.05) is 24.9 Å². The molecule has 1 aliphatic heterocycles.